The number of carbonyl (C=O) groups excluding carboxylic acids is 1. The zero-order valence-electron chi connectivity index (χ0n) is 17.0. The molecular weight excluding hydrogens is 419 g/mol. The molecule has 2 aliphatic rings. The molecule has 3 aromatic rings. The highest BCUT2D eigenvalue weighted by molar-refractivity contribution is 6.31. The van der Waals surface area contributed by atoms with E-state index in [1.807, 2.05) is 29.2 Å². The van der Waals surface area contributed by atoms with Gasteiger partial charge in [0.1, 0.15) is 5.82 Å². The van der Waals surface area contributed by atoms with E-state index in [-0.39, 0.29) is 29.2 Å². The first-order valence-electron chi connectivity index (χ1n) is 10.4. The number of halogens is 2. The molecule has 0 bridgehead atoms. The molecule has 0 aliphatic carbocycles. The number of benzene rings is 2. The lowest BCUT2D eigenvalue weighted by Gasteiger charge is -2.42. The zero-order chi connectivity index (χ0) is 21.7. The van der Waals surface area contributed by atoms with Crippen LogP contribution in [0.5, 0.6) is 0 Å². The van der Waals surface area contributed by atoms with Crippen molar-refractivity contribution >= 4 is 34.0 Å². The highest BCUT2D eigenvalue weighted by atomic mass is 35.5. The lowest BCUT2D eigenvalue weighted by molar-refractivity contribution is -0.130. The summed E-state index contributed by atoms with van der Waals surface area (Å²) in [6.45, 7) is 2.95. The third-order valence-electron chi connectivity index (χ3n) is 6.59. The second kappa shape index (κ2) is 7.64. The Morgan fingerprint density at radius 3 is 2.68 bits per heavy atom. The fraction of sp³-hybridized carbons (Fsp3) is 0.348. The van der Waals surface area contributed by atoms with Crippen molar-refractivity contribution in [1.29, 1.82) is 0 Å². The van der Waals surface area contributed by atoms with Crippen LogP contribution in [-0.4, -0.2) is 40.1 Å². The molecule has 0 spiro atoms. The monoisotopic (exact) mass is 440 g/mol. The van der Waals surface area contributed by atoms with E-state index in [0.29, 0.717) is 34.9 Å². The fourth-order valence-corrected chi connectivity index (χ4v) is 5.35. The van der Waals surface area contributed by atoms with Crippen LogP contribution in [0.15, 0.2) is 41.2 Å². The van der Waals surface area contributed by atoms with Gasteiger partial charge in [-0.25, -0.2) is 9.49 Å². The topological polar surface area (TPSA) is 78.1 Å². The first kappa shape index (κ1) is 20.0. The first-order valence-corrected chi connectivity index (χ1v) is 10.8. The Morgan fingerprint density at radius 2 is 1.97 bits per heavy atom. The molecule has 5 rings (SSSR count). The molecule has 8 heteroatoms. The van der Waals surface area contributed by atoms with E-state index in [0.717, 1.165) is 18.4 Å². The summed E-state index contributed by atoms with van der Waals surface area (Å²) in [6, 6.07) is 10.2. The third-order valence-corrected chi connectivity index (χ3v) is 6.93. The number of aromatic nitrogens is 2. The Morgan fingerprint density at radius 1 is 1.23 bits per heavy atom. The summed E-state index contributed by atoms with van der Waals surface area (Å²) in [5.41, 5.74) is 1.75. The Balaban J connectivity index is 1.66. The van der Waals surface area contributed by atoms with Crippen molar-refractivity contribution in [2.24, 2.45) is 5.92 Å². The predicted octanol–water partition coefficient (Wildman–Crippen LogP) is 3.90. The van der Waals surface area contributed by atoms with Crippen LogP contribution < -0.4 is 10.9 Å². The number of hydrogen-bond donors (Lipinski definition) is 2. The lowest BCUT2D eigenvalue weighted by Crippen LogP contribution is -2.46. The van der Waals surface area contributed by atoms with Crippen molar-refractivity contribution < 1.29 is 9.18 Å². The maximum atomic E-state index is 14.3. The average Bonchev–Trinajstić information content (AvgIpc) is 2.76. The van der Waals surface area contributed by atoms with Crippen molar-refractivity contribution in [3.8, 4) is 0 Å². The number of piperidine rings is 1. The van der Waals surface area contributed by atoms with Gasteiger partial charge in [0.2, 0.25) is 5.91 Å². The SMILES string of the molecule is CC(=O)N1CCC([C@@H]2Nc3cc(F)cc4c(=O)[nH]nc(c34)[C@H]2c2ccccc2Cl)CC1. The van der Waals surface area contributed by atoms with Crippen LogP contribution in [-0.2, 0) is 4.79 Å². The molecule has 3 heterocycles. The number of nitrogens with zero attached hydrogens (tertiary/aromatic N) is 2. The lowest BCUT2D eigenvalue weighted by atomic mass is 9.74. The minimum atomic E-state index is -0.473. The van der Waals surface area contributed by atoms with Gasteiger partial charge in [-0.1, -0.05) is 29.8 Å². The molecule has 1 aromatic heterocycles. The van der Waals surface area contributed by atoms with E-state index >= 15 is 0 Å². The van der Waals surface area contributed by atoms with Crippen LogP contribution in [0.2, 0.25) is 5.02 Å². The number of aromatic amines is 1. The number of rotatable bonds is 2. The fourth-order valence-electron chi connectivity index (χ4n) is 5.09. The summed E-state index contributed by atoms with van der Waals surface area (Å²) in [4.78, 5) is 26.0. The predicted molar refractivity (Wildman–Crippen MR) is 118 cm³/mol. The molecular formula is C23H22ClFN4O2. The van der Waals surface area contributed by atoms with Gasteiger partial charge in [-0.05, 0) is 42.5 Å². The summed E-state index contributed by atoms with van der Waals surface area (Å²) < 4.78 is 14.3. The molecule has 0 radical (unpaired) electrons. The smallest absolute Gasteiger partial charge is 0.272 e. The number of H-pyrrole nitrogens is 1. The van der Waals surface area contributed by atoms with E-state index in [9.17, 15) is 14.0 Å². The molecule has 2 aromatic carbocycles. The van der Waals surface area contributed by atoms with E-state index < -0.39 is 11.4 Å². The average molecular weight is 441 g/mol. The molecule has 31 heavy (non-hydrogen) atoms. The molecule has 160 valence electrons. The maximum absolute atomic E-state index is 14.3. The Labute approximate surface area is 183 Å². The summed E-state index contributed by atoms with van der Waals surface area (Å²) >= 11 is 6.60. The number of hydrogen-bond acceptors (Lipinski definition) is 4. The molecule has 2 atom stereocenters. The van der Waals surface area contributed by atoms with Gasteiger partial charge in [0.05, 0.1) is 17.0 Å². The number of likely N-dealkylation sites (tertiary alicyclic amines) is 1. The van der Waals surface area contributed by atoms with Gasteiger partial charge in [-0.2, -0.15) is 5.10 Å². The summed E-state index contributed by atoms with van der Waals surface area (Å²) in [7, 11) is 0. The standard InChI is InChI=1S/C23H22ClFN4O2/c1-12(30)29-8-6-13(7-9-29)21-20(15-4-2-3-5-17(15)24)22-19-16(23(31)28-27-22)10-14(25)11-18(19)26-21/h2-5,10-11,13,20-21,26H,6-9H2,1H3,(H,28,31)/t20-,21-/m0/s1. The van der Waals surface area contributed by atoms with Gasteiger partial charge in [0.25, 0.3) is 5.56 Å². The van der Waals surface area contributed by atoms with E-state index in [1.54, 1.807) is 6.92 Å². The molecule has 1 fully saturated rings. The van der Waals surface area contributed by atoms with Crippen molar-refractivity contribution in [3.63, 3.8) is 0 Å². The quantitative estimate of drug-likeness (QED) is 0.633. The minimum absolute atomic E-state index is 0.0779. The summed E-state index contributed by atoms with van der Waals surface area (Å²) in [5.74, 6) is -0.398. The maximum Gasteiger partial charge on any atom is 0.272 e. The van der Waals surface area contributed by atoms with Gasteiger partial charge in [-0.15, -0.1) is 0 Å². The van der Waals surface area contributed by atoms with Crippen molar-refractivity contribution in [2.75, 3.05) is 18.4 Å². The molecule has 2 aliphatic heterocycles. The summed E-state index contributed by atoms with van der Waals surface area (Å²) in [5, 5.41) is 12.0. The molecule has 1 amide bonds. The zero-order valence-corrected chi connectivity index (χ0v) is 17.7. The van der Waals surface area contributed by atoms with Crippen LogP contribution in [0.25, 0.3) is 10.8 Å². The van der Waals surface area contributed by atoms with Crippen LogP contribution in [0.4, 0.5) is 10.1 Å². The van der Waals surface area contributed by atoms with Gasteiger partial charge in [0, 0.05) is 42.2 Å². The Kier molecular flexibility index (Phi) is 4.93. The number of anilines is 1. The number of carbonyl (C=O) groups is 1. The van der Waals surface area contributed by atoms with Crippen LogP contribution >= 0.6 is 11.6 Å². The Hall–Kier alpha value is -2.93. The second-order valence-electron chi connectivity index (χ2n) is 8.33. The second-order valence-corrected chi connectivity index (χ2v) is 8.73. The highest BCUT2D eigenvalue weighted by Gasteiger charge is 2.40. The van der Waals surface area contributed by atoms with Crippen molar-refractivity contribution in [2.45, 2.75) is 31.7 Å². The van der Waals surface area contributed by atoms with Gasteiger partial charge in [0.15, 0.2) is 0 Å². The molecule has 6 nitrogen and oxygen atoms in total. The third kappa shape index (κ3) is 3.37. The molecule has 2 N–H and O–H groups in total. The largest absolute Gasteiger partial charge is 0.380 e. The van der Waals surface area contributed by atoms with Crippen LogP contribution in [0, 0.1) is 11.7 Å². The van der Waals surface area contributed by atoms with E-state index in [2.05, 4.69) is 15.5 Å². The molecule has 1 saturated heterocycles. The molecule has 0 saturated carbocycles. The van der Waals surface area contributed by atoms with Gasteiger partial charge >= 0.3 is 0 Å². The Bertz CT molecular complexity index is 1240. The van der Waals surface area contributed by atoms with Crippen molar-refractivity contribution in [3.05, 3.63) is 68.8 Å². The van der Waals surface area contributed by atoms with Crippen molar-refractivity contribution in [1.82, 2.24) is 15.1 Å². The first-order chi connectivity index (χ1) is 14.9. The van der Waals surface area contributed by atoms with Crippen LogP contribution in [0.3, 0.4) is 0 Å². The van der Waals surface area contributed by atoms with E-state index in [4.69, 9.17) is 11.6 Å². The van der Waals surface area contributed by atoms with Gasteiger partial charge < -0.3 is 10.2 Å². The number of nitrogens with one attached hydrogen (secondary N) is 2. The van der Waals surface area contributed by atoms with Gasteiger partial charge in [-0.3, -0.25) is 9.59 Å². The number of amides is 1. The normalized spacial score (nSPS) is 21.2. The summed E-state index contributed by atoms with van der Waals surface area (Å²) in [6.07, 6.45) is 1.63. The molecule has 0 unspecified atom stereocenters. The van der Waals surface area contributed by atoms with E-state index in [1.165, 1.54) is 12.1 Å². The van der Waals surface area contributed by atoms with Crippen LogP contribution in [0.1, 0.15) is 36.9 Å². The minimum Gasteiger partial charge on any atom is -0.380 e. The highest BCUT2D eigenvalue weighted by Crippen LogP contribution is 2.45.